The van der Waals surface area contributed by atoms with Crippen LogP contribution in [0, 0.1) is 10.1 Å². The highest BCUT2D eigenvalue weighted by molar-refractivity contribution is 5.76. The summed E-state index contributed by atoms with van der Waals surface area (Å²) < 4.78 is 13.3. The van der Waals surface area contributed by atoms with E-state index in [9.17, 15) is 24.8 Å². The number of carboxylic acid groups (broad SMARTS) is 1. The number of aliphatic hydroxyl groups excluding tert-OH is 1. The predicted octanol–water partition coefficient (Wildman–Crippen LogP) is 7.16. The summed E-state index contributed by atoms with van der Waals surface area (Å²) in [5.74, 6) is -0.790. The van der Waals surface area contributed by atoms with Crippen molar-refractivity contribution < 1.29 is 34.2 Å². The van der Waals surface area contributed by atoms with Gasteiger partial charge in [-0.25, -0.2) is 0 Å². The van der Waals surface area contributed by atoms with Crippen LogP contribution in [0.3, 0.4) is 0 Å². The SMILES string of the molecule is O=C(O)CCCCCCC(=O)NCc1cccc(-c2ccc([C@H]3O[C@@H](CN4CCN(c5ccc([N+](=O)[O-])cc5)CC4)C[C@@H](c4ccc(CO)cc4)O3)cc2)c1. The molecule has 12 heteroatoms. The van der Waals surface area contributed by atoms with Crippen molar-refractivity contribution in [2.75, 3.05) is 37.6 Å². The van der Waals surface area contributed by atoms with E-state index in [0.717, 1.165) is 91.1 Å². The second-order valence-electron chi connectivity index (χ2n) is 14.3. The molecule has 290 valence electrons. The van der Waals surface area contributed by atoms with E-state index < -0.39 is 12.3 Å². The Labute approximate surface area is 321 Å². The van der Waals surface area contributed by atoms with Crippen molar-refractivity contribution >= 4 is 23.3 Å². The van der Waals surface area contributed by atoms with Crippen LogP contribution in [0.2, 0.25) is 0 Å². The van der Waals surface area contributed by atoms with Gasteiger partial charge in [0.05, 0.1) is 23.7 Å². The van der Waals surface area contributed by atoms with Gasteiger partial charge < -0.3 is 29.9 Å². The average Bonchev–Trinajstić information content (AvgIpc) is 3.21. The van der Waals surface area contributed by atoms with Gasteiger partial charge in [-0.2, -0.15) is 0 Å². The summed E-state index contributed by atoms with van der Waals surface area (Å²) in [6.45, 7) is 4.45. The number of nitro groups is 1. The van der Waals surface area contributed by atoms with Gasteiger partial charge in [0, 0.05) is 81.9 Å². The van der Waals surface area contributed by atoms with E-state index >= 15 is 0 Å². The summed E-state index contributed by atoms with van der Waals surface area (Å²) in [7, 11) is 0. The van der Waals surface area contributed by atoms with E-state index in [-0.39, 0.29) is 41.8 Å². The maximum atomic E-state index is 12.4. The lowest BCUT2D eigenvalue weighted by Crippen LogP contribution is -2.49. The maximum absolute atomic E-state index is 12.4. The molecule has 4 aromatic rings. The first-order valence-corrected chi connectivity index (χ1v) is 19.1. The first kappa shape index (κ1) is 39.6. The Morgan fingerprint density at radius 3 is 2.15 bits per heavy atom. The molecule has 55 heavy (non-hydrogen) atoms. The Balaban J connectivity index is 1.06. The minimum atomic E-state index is -0.782. The molecule has 0 radical (unpaired) electrons. The highest BCUT2D eigenvalue weighted by Gasteiger charge is 2.34. The normalized spacial score (nSPS) is 18.9. The zero-order chi connectivity index (χ0) is 38.6. The number of carboxylic acids is 1. The maximum Gasteiger partial charge on any atom is 0.303 e. The molecule has 0 unspecified atom stereocenters. The van der Waals surface area contributed by atoms with E-state index in [1.807, 2.05) is 60.7 Å². The third-order valence-electron chi connectivity index (χ3n) is 10.4. The molecule has 1 amide bonds. The molecule has 2 aliphatic heterocycles. The number of nitrogens with one attached hydrogen (secondary N) is 1. The molecule has 0 saturated carbocycles. The number of unbranched alkanes of at least 4 members (excludes halogenated alkanes) is 3. The van der Waals surface area contributed by atoms with Gasteiger partial charge in [-0.3, -0.25) is 24.6 Å². The Bertz CT molecular complexity index is 1860. The van der Waals surface area contributed by atoms with Gasteiger partial charge in [0.1, 0.15) is 0 Å². The summed E-state index contributed by atoms with van der Waals surface area (Å²) in [4.78, 5) is 38.4. The Morgan fingerprint density at radius 1 is 0.782 bits per heavy atom. The fraction of sp³-hybridized carbons (Fsp3) is 0.395. The van der Waals surface area contributed by atoms with Crippen LogP contribution in [-0.2, 0) is 32.2 Å². The molecule has 0 aliphatic carbocycles. The molecule has 0 spiro atoms. The van der Waals surface area contributed by atoms with Crippen LogP contribution in [0.1, 0.15) is 79.6 Å². The van der Waals surface area contributed by atoms with Gasteiger partial charge in [0.25, 0.3) is 5.69 Å². The number of nitro benzene ring substituents is 1. The number of nitrogens with zero attached hydrogens (tertiary/aromatic N) is 3. The summed E-state index contributed by atoms with van der Waals surface area (Å²) >= 11 is 0. The standard InChI is InChI=1S/C43H50N4O8/c48-30-31-10-12-34(13-11-31)40-27-39(29-45-22-24-46(25-23-45)37-18-20-38(21-19-37)47(52)53)54-43(55-40)35-16-14-33(15-17-35)36-7-5-6-32(26-36)28-44-41(49)8-3-1-2-4-9-42(50)51/h5-7,10-21,26,39-40,43,48H,1-4,8-9,22-25,27-30H2,(H,44,49)(H,50,51)/t39-,40+,43+/m1/s1. The smallest absolute Gasteiger partial charge is 0.303 e. The Morgan fingerprint density at radius 2 is 1.47 bits per heavy atom. The molecule has 2 saturated heterocycles. The number of piperazine rings is 1. The van der Waals surface area contributed by atoms with E-state index in [4.69, 9.17) is 14.6 Å². The molecule has 3 atom stereocenters. The lowest BCUT2D eigenvalue weighted by Gasteiger charge is -2.41. The number of hydrogen-bond donors (Lipinski definition) is 3. The van der Waals surface area contributed by atoms with Gasteiger partial charge in [-0.05, 0) is 58.9 Å². The zero-order valence-corrected chi connectivity index (χ0v) is 31.1. The summed E-state index contributed by atoms with van der Waals surface area (Å²) in [6, 6.07) is 31.0. The van der Waals surface area contributed by atoms with Crippen LogP contribution in [-0.4, -0.2) is 70.7 Å². The number of benzene rings is 4. The Hall–Kier alpha value is -5.14. The number of non-ortho nitro benzene ring substituents is 1. The van der Waals surface area contributed by atoms with Crippen molar-refractivity contribution in [3.63, 3.8) is 0 Å². The van der Waals surface area contributed by atoms with E-state index in [0.29, 0.717) is 25.8 Å². The van der Waals surface area contributed by atoms with Gasteiger partial charge in [-0.15, -0.1) is 0 Å². The van der Waals surface area contributed by atoms with Crippen molar-refractivity contribution in [2.24, 2.45) is 0 Å². The van der Waals surface area contributed by atoms with Gasteiger partial charge in [0.15, 0.2) is 6.29 Å². The summed E-state index contributed by atoms with van der Waals surface area (Å²) in [5, 5.41) is 32.4. The van der Waals surface area contributed by atoms with Crippen molar-refractivity contribution in [3.8, 4) is 11.1 Å². The molecule has 6 rings (SSSR count). The van der Waals surface area contributed by atoms with Crippen molar-refractivity contribution in [1.29, 1.82) is 0 Å². The Kier molecular flexibility index (Phi) is 14.0. The second-order valence-corrected chi connectivity index (χ2v) is 14.3. The van der Waals surface area contributed by atoms with Crippen LogP contribution in [0.5, 0.6) is 0 Å². The van der Waals surface area contributed by atoms with E-state index in [1.54, 1.807) is 12.1 Å². The molecule has 0 aromatic heterocycles. The molecule has 2 heterocycles. The van der Waals surface area contributed by atoms with Crippen LogP contribution in [0.25, 0.3) is 11.1 Å². The van der Waals surface area contributed by atoms with Gasteiger partial charge in [-0.1, -0.05) is 79.6 Å². The third-order valence-corrected chi connectivity index (χ3v) is 10.4. The van der Waals surface area contributed by atoms with Crippen LogP contribution < -0.4 is 10.2 Å². The minimum Gasteiger partial charge on any atom is -0.481 e. The monoisotopic (exact) mass is 750 g/mol. The predicted molar refractivity (Wildman–Crippen MR) is 209 cm³/mol. The number of carbonyl (C=O) groups excluding carboxylic acids is 1. The molecular weight excluding hydrogens is 700 g/mol. The zero-order valence-electron chi connectivity index (χ0n) is 31.1. The summed E-state index contributed by atoms with van der Waals surface area (Å²) in [5.41, 5.74) is 6.94. The number of rotatable bonds is 17. The molecular formula is C43H50N4O8. The number of amides is 1. The second kappa shape index (κ2) is 19.4. The van der Waals surface area contributed by atoms with Crippen molar-refractivity contribution in [2.45, 2.75) is 76.6 Å². The lowest BCUT2D eigenvalue weighted by molar-refractivity contribution is -0.384. The molecule has 0 bridgehead atoms. The van der Waals surface area contributed by atoms with Gasteiger partial charge >= 0.3 is 5.97 Å². The number of anilines is 1. The highest BCUT2D eigenvalue weighted by Crippen LogP contribution is 2.39. The van der Waals surface area contributed by atoms with Gasteiger partial charge in [0.2, 0.25) is 5.91 Å². The lowest BCUT2D eigenvalue weighted by atomic mass is 9.98. The highest BCUT2D eigenvalue weighted by atomic mass is 16.7. The fourth-order valence-corrected chi connectivity index (χ4v) is 7.19. The van der Waals surface area contributed by atoms with E-state index in [1.165, 1.54) is 0 Å². The topological polar surface area (TPSA) is 155 Å². The number of aliphatic hydroxyl groups is 1. The van der Waals surface area contributed by atoms with Crippen LogP contribution >= 0.6 is 0 Å². The molecule has 12 nitrogen and oxygen atoms in total. The quantitative estimate of drug-likeness (QED) is 0.0575. The summed E-state index contributed by atoms with van der Waals surface area (Å²) in [6.07, 6.45) is 3.47. The van der Waals surface area contributed by atoms with Crippen LogP contribution in [0.15, 0.2) is 97.1 Å². The largest absolute Gasteiger partial charge is 0.481 e. The molecule has 4 aromatic carbocycles. The number of carbonyl (C=O) groups is 2. The first-order chi connectivity index (χ1) is 26.7. The fourth-order valence-electron chi connectivity index (χ4n) is 7.19. The first-order valence-electron chi connectivity index (χ1n) is 19.1. The number of ether oxygens (including phenoxy) is 2. The number of hydrogen-bond acceptors (Lipinski definition) is 9. The van der Waals surface area contributed by atoms with Crippen LogP contribution in [0.4, 0.5) is 11.4 Å². The molecule has 3 N–H and O–H groups in total. The van der Waals surface area contributed by atoms with Crippen molar-refractivity contribution in [1.82, 2.24) is 10.2 Å². The van der Waals surface area contributed by atoms with Crippen molar-refractivity contribution in [3.05, 3.63) is 129 Å². The number of aliphatic carboxylic acids is 1. The third kappa shape index (κ3) is 11.4. The molecule has 2 aliphatic rings. The minimum absolute atomic E-state index is 0.00840. The van der Waals surface area contributed by atoms with E-state index in [2.05, 4.69) is 39.4 Å². The average molecular weight is 751 g/mol. The molecule has 2 fully saturated rings.